The molecule has 32 heavy (non-hydrogen) atoms. The predicted octanol–water partition coefficient (Wildman–Crippen LogP) is 5.31. The first-order valence-corrected chi connectivity index (χ1v) is 12.8. The van der Waals surface area contributed by atoms with Gasteiger partial charge < -0.3 is 22.8 Å². The maximum atomic E-state index is 6.58. The highest BCUT2D eigenvalue weighted by Gasteiger charge is 2.41. The molecule has 0 amide bonds. The molecule has 6 heteroatoms. The van der Waals surface area contributed by atoms with E-state index in [9.17, 15) is 0 Å². The van der Waals surface area contributed by atoms with E-state index in [2.05, 4.69) is 18.2 Å². The van der Waals surface area contributed by atoms with E-state index in [4.69, 9.17) is 22.8 Å². The Balaban J connectivity index is 1.55. The van der Waals surface area contributed by atoms with E-state index >= 15 is 0 Å². The average molecular weight is 451 g/mol. The molecule has 0 bridgehead atoms. The Bertz CT molecular complexity index is 957. The van der Waals surface area contributed by atoms with Gasteiger partial charge >= 0.3 is 8.80 Å². The first-order chi connectivity index (χ1) is 15.6. The van der Waals surface area contributed by atoms with Crippen LogP contribution in [0.1, 0.15) is 28.7 Å². The van der Waals surface area contributed by atoms with Gasteiger partial charge in [-0.05, 0) is 30.5 Å². The number of fused-ring (bicyclic) bond motifs is 1. The molecule has 0 N–H and O–H groups in total. The third kappa shape index (κ3) is 4.51. The first kappa shape index (κ1) is 22.7. The van der Waals surface area contributed by atoms with Crippen molar-refractivity contribution >= 4 is 8.80 Å². The van der Waals surface area contributed by atoms with Gasteiger partial charge in [0, 0.05) is 44.1 Å². The van der Waals surface area contributed by atoms with E-state index < -0.39 is 14.6 Å². The van der Waals surface area contributed by atoms with Crippen molar-refractivity contribution in [2.24, 2.45) is 0 Å². The van der Waals surface area contributed by atoms with Crippen molar-refractivity contribution in [1.82, 2.24) is 0 Å². The summed E-state index contributed by atoms with van der Waals surface area (Å²) in [5.41, 5.74) is 4.23. The van der Waals surface area contributed by atoms with E-state index in [1.807, 2.05) is 60.7 Å². The van der Waals surface area contributed by atoms with Gasteiger partial charge in [-0.15, -0.1) is 0 Å². The van der Waals surface area contributed by atoms with Gasteiger partial charge in [0.1, 0.15) is 5.75 Å². The summed E-state index contributed by atoms with van der Waals surface area (Å²) in [4.78, 5) is 0. The second kappa shape index (κ2) is 9.98. The molecule has 0 spiro atoms. The monoisotopic (exact) mass is 450 g/mol. The van der Waals surface area contributed by atoms with Crippen LogP contribution in [0.15, 0.2) is 78.9 Å². The van der Waals surface area contributed by atoms with Crippen LogP contribution in [0.25, 0.3) is 0 Å². The maximum absolute atomic E-state index is 6.58. The van der Waals surface area contributed by atoms with Gasteiger partial charge in [0.25, 0.3) is 5.79 Å². The minimum Gasteiger partial charge on any atom is -0.453 e. The molecule has 1 heterocycles. The summed E-state index contributed by atoms with van der Waals surface area (Å²) < 4.78 is 29.6. The van der Waals surface area contributed by atoms with E-state index in [1.165, 1.54) is 5.56 Å². The number of rotatable bonds is 9. The van der Waals surface area contributed by atoms with Gasteiger partial charge in [0.15, 0.2) is 0 Å². The minimum absolute atomic E-state index is 0.472. The number of hydrogen-bond acceptors (Lipinski definition) is 5. The van der Waals surface area contributed by atoms with Crippen molar-refractivity contribution in [2.45, 2.75) is 31.3 Å². The molecule has 0 fully saturated rings. The topological polar surface area (TPSA) is 46.2 Å². The third-order valence-corrected chi connectivity index (χ3v) is 8.83. The Morgan fingerprint density at radius 2 is 1.41 bits per heavy atom. The highest BCUT2D eigenvalue weighted by molar-refractivity contribution is 6.60. The fourth-order valence-corrected chi connectivity index (χ4v) is 5.92. The molecule has 168 valence electrons. The average Bonchev–Trinajstić information content (AvgIpc) is 2.87. The lowest BCUT2D eigenvalue weighted by molar-refractivity contribution is -0.184. The van der Waals surface area contributed by atoms with Crippen molar-refractivity contribution < 1.29 is 22.8 Å². The van der Waals surface area contributed by atoms with Gasteiger partial charge in [0.05, 0.1) is 6.61 Å². The molecular weight excluding hydrogens is 420 g/mol. The second-order valence-electron chi connectivity index (χ2n) is 7.83. The van der Waals surface area contributed by atoms with Crippen molar-refractivity contribution in [1.29, 1.82) is 0 Å². The highest BCUT2D eigenvalue weighted by atomic mass is 28.4. The van der Waals surface area contributed by atoms with Crippen LogP contribution in [-0.2, 0) is 36.8 Å². The number of aryl methyl sites for hydroxylation is 1. The quantitative estimate of drug-likeness (QED) is 0.414. The second-order valence-corrected chi connectivity index (χ2v) is 10.9. The van der Waals surface area contributed by atoms with E-state index in [-0.39, 0.29) is 0 Å². The van der Waals surface area contributed by atoms with Crippen LogP contribution in [0.2, 0.25) is 6.04 Å². The fraction of sp³-hybridized carbons (Fsp3) is 0.308. The van der Waals surface area contributed by atoms with Gasteiger partial charge in [-0.2, -0.15) is 0 Å². The molecule has 0 saturated heterocycles. The molecule has 3 aromatic rings. The molecule has 4 rings (SSSR count). The summed E-state index contributed by atoms with van der Waals surface area (Å²) in [7, 11) is 2.41. The lowest BCUT2D eigenvalue weighted by Gasteiger charge is -2.39. The Labute approximate surface area is 191 Å². The largest absolute Gasteiger partial charge is 0.500 e. The summed E-state index contributed by atoms with van der Waals surface area (Å²) in [6.45, 7) is 0.472. The van der Waals surface area contributed by atoms with E-state index in [0.29, 0.717) is 6.61 Å². The summed E-state index contributed by atoms with van der Waals surface area (Å²) in [6.07, 6.45) is 1.82. The zero-order chi connectivity index (χ0) is 22.4. The number of benzene rings is 3. The molecule has 0 unspecified atom stereocenters. The summed E-state index contributed by atoms with van der Waals surface area (Å²) in [5.74, 6) is -0.112. The normalized spacial score (nSPS) is 15.1. The van der Waals surface area contributed by atoms with Crippen molar-refractivity contribution in [2.75, 3.05) is 21.3 Å². The molecule has 0 atom stereocenters. The van der Waals surface area contributed by atoms with E-state index in [1.54, 1.807) is 21.3 Å². The lowest BCUT2D eigenvalue weighted by Crippen LogP contribution is -2.42. The molecule has 5 nitrogen and oxygen atoms in total. The third-order valence-electron chi connectivity index (χ3n) is 6.00. The first-order valence-electron chi connectivity index (χ1n) is 10.9. The fourth-order valence-electron chi connectivity index (χ4n) is 4.20. The van der Waals surface area contributed by atoms with Crippen LogP contribution < -0.4 is 4.74 Å². The summed E-state index contributed by atoms with van der Waals surface area (Å²) in [5, 5.41) is 0. The Morgan fingerprint density at radius 3 is 1.97 bits per heavy atom. The zero-order valence-corrected chi connectivity index (χ0v) is 19.9. The predicted molar refractivity (Wildman–Crippen MR) is 125 cm³/mol. The molecule has 0 aromatic heterocycles. The van der Waals surface area contributed by atoms with Gasteiger partial charge in [0.2, 0.25) is 0 Å². The standard InChI is InChI=1S/C26H30O5Si/c1-27-32(28-2,29-3)18-10-11-21-16-17-25-22(19-21)20-30-26(31-25,23-12-6-4-7-13-23)24-14-8-5-9-15-24/h4-9,12-17,19H,10-11,18,20H2,1-3H3. The van der Waals surface area contributed by atoms with Crippen molar-refractivity contribution in [3.8, 4) is 5.75 Å². The molecule has 3 aromatic carbocycles. The maximum Gasteiger partial charge on any atom is 0.500 e. The summed E-state index contributed by atoms with van der Waals surface area (Å²) in [6, 6.07) is 27.3. The smallest absolute Gasteiger partial charge is 0.453 e. The molecule has 1 aliphatic heterocycles. The Hall–Kier alpha value is -2.48. The van der Waals surface area contributed by atoms with Crippen LogP contribution in [0, 0.1) is 0 Å². The highest BCUT2D eigenvalue weighted by Crippen LogP contribution is 2.42. The zero-order valence-electron chi connectivity index (χ0n) is 18.9. The minimum atomic E-state index is -2.54. The summed E-state index contributed by atoms with van der Waals surface area (Å²) >= 11 is 0. The van der Waals surface area contributed by atoms with Crippen LogP contribution in [0.3, 0.4) is 0 Å². The van der Waals surface area contributed by atoms with Gasteiger partial charge in [-0.1, -0.05) is 66.7 Å². The molecule has 1 aliphatic rings. The van der Waals surface area contributed by atoms with Crippen LogP contribution in [0.4, 0.5) is 0 Å². The van der Waals surface area contributed by atoms with Crippen LogP contribution >= 0.6 is 0 Å². The molecular formula is C26H30O5Si. The molecule has 0 radical (unpaired) electrons. The van der Waals surface area contributed by atoms with Crippen molar-refractivity contribution in [3.63, 3.8) is 0 Å². The number of hydrogen-bond donors (Lipinski definition) is 0. The SMILES string of the molecule is CO[Si](CCCc1ccc2c(c1)COC(c1ccccc1)(c1ccccc1)O2)(OC)OC. The van der Waals surface area contributed by atoms with E-state index in [0.717, 1.165) is 41.3 Å². The van der Waals surface area contributed by atoms with Gasteiger partial charge in [-0.3, -0.25) is 0 Å². The van der Waals surface area contributed by atoms with Crippen LogP contribution in [0.5, 0.6) is 5.75 Å². The Kier molecular flexibility index (Phi) is 7.08. The molecule has 0 aliphatic carbocycles. The van der Waals surface area contributed by atoms with Gasteiger partial charge in [-0.25, -0.2) is 0 Å². The lowest BCUT2D eigenvalue weighted by atomic mass is 9.95. The number of ether oxygens (including phenoxy) is 2. The van der Waals surface area contributed by atoms with Crippen molar-refractivity contribution in [3.05, 3.63) is 101 Å². The molecule has 0 saturated carbocycles. The Morgan fingerprint density at radius 1 is 0.812 bits per heavy atom. The van der Waals surface area contributed by atoms with Crippen LogP contribution in [-0.4, -0.2) is 30.1 Å².